The molecule has 16 heavy (non-hydrogen) atoms. The van der Waals surface area contributed by atoms with Gasteiger partial charge in [-0.25, -0.2) is 12.7 Å². The molecule has 0 spiro atoms. The second-order valence-electron chi connectivity index (χ2n) is 4.01. The fraction of sp³-hybridized carbons (Fsp3) is 1.00. The molecule has 5 heteroatoms. The molecule has 98 valence electrons. The fourth-order valence-electron chi connectivity index (χ4n) is 1.73. The molecular weight excluding hydrogens is 224 g/mol. The zero-order chi connectivity index (χ0) is 12.6. The highest BCUT2D eigenvalue weighted by Crippen LogP contribution is 2.12. The zero-order valence-corrected chi connectivity index (χ0v) is 11.8. The highest BCUT2D eigenvalue weighted by Gasteiger charge is 2.23. The summed E-state index contributed by atoms with van der Waals surface area (Å²) in [6, 6.07) is 0.143. The lowest BCUT2D eigenvalue weighted by Gasteiger charge is -2.25. The minimum atomic E-state index is -3.07. The Kier molecular flexibility index (Phi) is 7.97. The Morgan fingerprint density at radius 3 is 2.19 bits per heavy atom. The summed E-state index contributed by atoms with van der Waals surface area (Å²) in [5.74, 6) is 0.243. The van der Waals surface area contributed by atoms with E-state index in [4.69, 9.17) is 0 Å². The van der Waals surface area contributed by atoms with Crippen LogP contribution < -0.4 is 5.32 Å². The smallest absolute Gasteiger partial charge is 0.214 e. The molecule has 0 aromatic carbocycles. The van der Waals surface area contributed by atoms with Gasteiger partial charge in [-0.1, -0.05) is 20.8 Å². The van der Waals surface area contributed by atoms with Crippen LogP contribution in [0.5, 0.6) is 0 Å². The van der Waals surface area contributed by atoms with Gasteiger partial charge in [-0.3, -0.25) is 0 Å². The van der Waals surface area contributed by atoms with Crippen LogP contribution in [0.15, 0.2) is 0 Å². The first-order chi connectivity index (χ1) is 7.49. The second-order valence-corrected chi connectivity index (χ2v) is 6.16. The molecule has 0 amide bonds. The van der Waals surface area contributed by atoms with E-state index >= 15 is 0 Å². The third kappa shape index (κ3) is 5.27. The predicted molar refractivity (Wildman–Crippen MR) is 69.1 cm³/mol. The molecule has 0 heterocycles. The molecule has 0 rings (SSSR count). The first-order valence-corrected chi connectivity index (χ1v) is 7.76. The van der Waals surface area contributed by atoms with E-state index in [1.807, 2.05) is 20.8 Å². The molecule has 4 nitrogen and oxygen atoms in total. The zero-order valence-electron chi connectivity index (χ0n) is 11.0. The Bertz CT molecular complexity index is 261. The van der Waals surface area contributed by atoms with Gasteiger partial charge >= 0.3 is 0 Å². The molecule has 1 N–H and O–H groups in total. The van der Waals surface area contributed by atoms with E-state index in [2.05, 4.69) is 5.32 Å². The summed E-state index contributed by atoms with van der Waals surface area (Å²) in [5.41, 5.74) is 0. The molecule has 0 aliphatic heterocycles. The average Bonchev–Trinajstić information content (AvgIpc) is 2.26. The maximum Gasteiger partial charge on any atom is 0.214 e. The summed E-state index contributed by atoms with van der Waals surface area (Å²) in [6.45, 7) is 7.73. The van der Waals surface area contributed by atoms with Crippen molar-refractivity contribution in [1.82, 2.24) is 9.62 Å². The normalized spacial score (nSPS) is 12.6. The van der Waals surface area contributed by atoms with Crippen molar-refractivity contribution in [1.29, 1.82) is 0 Å². The lowest BCUT2D eigenvalue weighted by molar-refractivity contribution is 0.349. The van der Waals surface area contributed by atoms with Gasteiger partial charge < -0.3 is 5.32 Å². The second kappa shape index (κ2) is 8.03. The summed E-state index contributed by atoms with van der Waals surface area (Å²) in [4.78, 5) is 0. The molecule has 0 fully saturated rings. The first kappa shape index (κ1) is 15.9. The van der Waals surface area contributed by atoms with E-state index < -0.39 is 10.0 Å². The van der Waals surface area contributed by atoms with Gasteiger partial charge in [0.15, 0.2) is 0 Å². The lowest BCUT2D eigenvalue weighted by atomic mass is 10.2. The molecule has 0 atom stereocenters. The van der Waals surface area contributed by atoms with Crippen molar-refractivity contribution in [3.63, 3.8) is 0 Å². The van der Waals surface area contributed by atoms with E-state index in [1.54, 1.807) is 11.4 Å². The van der Waals surface area contributed by atoms with Crippen LogP contribution in [0.4, 0.5) is 0 Å². The van der Waals surface area contributed by atoms with Crippen molar-refractivity contribution in [2.24, 2.45) is 0 Å². The largest absolute Gasteiger partial charge is 0.317 e. The van der Waals surface area contributed by atoms with Crippen LogP contribution in [-0.2, 0) is 10.0 Å². The Balaban J connectivity index is 4.20. The van der Waals surface area contributed by atoms with Crippen LogP contribution in [0, 0.1) is 0 Å². The SMILES string of the molecule is CCNCCCS(=O)(=O)N(C)C(CC)CC. The average molecular weight is 250 g/mol. The van der Waals surface area contributed by atoms with Crippen molar-refractivity contribution < 1.29 is 8.42 Å². The molecule has 0 saturated heterocycles. The maximum atomic E-state index is 12.0. The first-order valence-electron chi connectivity index (χ1n) is 6.15. The van der Waals surface area contributed by atoms with Crippen LogP contribution >= 0.6 is 0 Å². The topological polar surface area (TPSA) is 49.4 Å². The Morgan fingerprint density at radius 2 is 1.75 bits per heavy atom. The minimum absolute atomic E-state index is 0.143. The van der Waals surface area contributed by atoms with E-state index in [-0.39, 0.29) is 11.8 Å². The molecule has 0 aromatic rings. The summed E-state index contributed by atoms with van der Waals surface area (Å²) >= 11 is 0. The van der Waals surface area contributed by atoms with Gasteiger partial charge in [-0.2, -0.15) is 0 Å². The van der Waals surface area contributed by atoms with Gasteiger partial charge in [0, 0.05) is 13.1 Å². The maximum absolute atomic E-state index is 12.0. The molecule has 0 aliphatic rings. The van der Waals surface area contributed by atoms with E-state index in [9.17, 15) is 8.42 Å². The fourth-order valence-corrected chi connectivity index (χ4v) is 3.28. The molecule has 0 aromatic heterocycles. The van der Waals surface area contributed by atoms with E-state index in [0.717, 1.165) is 25.9 Å². The third-order valence-corrected chi connectivity index (χ3v) is 4.88. The quantitative estimate of drug-likeness (QED) is 0.630. The highest BCUT2D eigenvalue weighted by atomic mass is 32.2. The van der Waals surface area contributed by atoms with Gasteiger partial charge in [-0.15, -0.1) is 0 Å². The number of nitrogens with zero attached hydrogens (tertiary/aromatic N) is 1. The van der Waals surface area contributed by atoms with Crippen LogP contribution in [-0.4, -0.2) is 44.7 Å². The molecule has 0 bridgehead atoms. The Morgan fingerprint density at radius 1 is 1.19 bits per heavy atom. The predicted octanol–water partition coefficient (Wildman–Crippen LogP) is 1.44. The van der Waals surface area contributed by atoms with E-state index in [0.29, 0.717) is 6.42 Å². The molecule has 0 aliphatic carbocycles. The van der Waals surface area contributed by atoms with Crippen LogP contribution in [0.1, 0.15) is 40.0 Å². The number of rotatable bonds is 9. The number of sulfonamides is 1. The van der Waals surface area contributed by atoms with E-state index in [1.165, 1.54) is 0 Å². The van der Waals surface area contributed by atoms with Crippen molar-refractivity contribution in [3.05, 3.63) is 0 Å². The van der Waals surface area contributed by atoms with Gasteiger partial charge in [0.25, 0.3) is 0 Å². The molecular formula is C11H26N2O2S. The van der Waals surface area contributed by atoms with Gasteiger partial charge in [0.2, 0.25) is 10.0 Å². The van der Waals surface area contributed by atoms with Gasteiger partial charge in [0.05, 0.1) is 5.75 Å². The highest BCUT2D eigenvalue weighted by molar-refractivity contribution is 7.89. The monoisotopic (exact) mass is 250 g/mol. The van der Waals surface area contributed by atoms with Crippen LogP contribution in [0.25, 0.3) is 0 Å². The van der Waals surface area contributed by atoms with Crippen LogP contribution in [0.2, 0.25) is 0 Å². The number of nitrogens with one attached hydrogen (secondary N) is 1. The van der Waals surface area contributed by atoms with Crippen molar-refractivity contribution in [3.8, 4) is 0 Å². The molecule has 0 radical (unpaired) electrons. The van der Waals surface area contributed by atoms with Gasteiger partial charge in [0.1, 0.15) is 0 Å². The summed E-state index contributed by atoms with van der Waals surface area (Å²) in [7, 11) is -1.38. The van der Waals surface area contributed by atoms with Crippen molar-refractivity contribution in [2.45, 2.75) is 46.1 Å². The summed E-state index contributed by atoms with van der Waals surface area (Å²) < 4.78 is 25.4. The lowest BCUT2D eigenvalue weighted by Crippen LogP contribution is -2.38. The van der Waals surface area contributed by atoms with Crippen LogP contribution in [0.3, 0.4) is 0 Å². The summed E-state index contributed by atoms with van der Waals surface area (Å²) in [6.07, 6.45) is 2.43. The third-order valence-electron chi connectivity index (χ3n) is 2.90. The minimum Gasteiger partial charge on any atom is -0.317 e. The Hall–Kier alpha value is -0.130. The standard InChI is InChI=1S/C11H26N2O2S/c1-5-11(6-2)13(4)16(14,15)10-8-9-12-7-3/h11-12H,5-10H2,1-4H3. The number of hydrogen-bond acceptors (Lipinski definition) is 3. The van der Waals surface area contributed by atoms with Gasteiger partial charge in [-0.05, 0) is 32.4 Å². The summed E-state index contributed by atoms with van der Waals surface area (Å²) in [5, 5.41) is 3.13. The number of hydrogen-bond donors (Lipinski definition) is 1. The Labute approximate surface area is 100 Å². The molecule has 0 unspecified atom stereocenters. The van der Waals surface area contributed by atoms with Crippen molar-refractivity contribution >= 4 is 10.0 Å². The van der Waals surface area contributed by atoms with Crippen molar-refractivity contribution in [2.75, 3.05) is 25.9 Å². The molecule has 0 saturated carbocycles.